The van der Waals surface area contributed by atoms with Crippen LogP contribution in [0, 0.1) is 13.8 Å². The van der Waals surface area contributed by atoms with E-state index in [1.165, 1.54) is 0 Å². The number of likely N-dealkylation sites (N-methyl/N-ethyl adjacent to an activating group) is 1. The molecule has 1 aliphatic heterocycles. The molecule has 1 aromatic carbocycles. The van der Waals surface area contributed by atoms with Crippen molar-refractivity contribution in [1.82, 2.24) is 20.2 Å². The Balaban J connectivity index is 1.65. The molecule has 1 aliphatic rings. The summed E-state index contributed by atoms with van der Waals surface area (Å²) in [6.07, 6.45) is 2.13. The molecule has 2 amide bonds. The lowest BCUT2D eigenvalue weighted by Crippen LogP contribution is -2.42. The van der Waals surface area contributed by atoms with E-state index in [2.05, 4.69) is 15.3 Å². The summed E-state index contributed by atoms with van der Waals surface area (Å²) in [5.74, 6) is 1.46. The summed E-state index contributed by atoms with van der Waals surface area (Å²) in [7, 11) is 1.62. The van der Waals surface area contributed by atoms with E-state index < -0.39 is 0 Å². The minimum absolute atomic E-state index is 0.0248. The van der Waals surface area contributed by atoms with Crippen molar-refractivity contribution in [2.75, 3.05) is 26.7 Å². The van der Waals surface area contributed by atoms with Crippen LogP contribution in [0.3, 0.4) is 0 Å². The Kier molecular flexibility index (Phi) is 6.80. The van der Waals surface area contributed by atoms with Gasteiger partial charge in [-0.15, -0.1) is 0 Å². The molecule has 1 saturated heterocycles. The summed E-state index contributed by atoms with van der Waals surface area (Å²) in [6.45, 7) is 5.16. The number of amides is 2. The highest BCUT2D eigenvalue weighted by atomic mass is 16.5. The first kappa shape index (κ1) is 20.8. The number of aromatic nitrogens is 2. The Hall–Kier alpha value is -2.96. The van der Waals surface area contributed by atoms with E-state index in [0.29, 0.717) is 12.3 Å². The molecule has 0 aliphatic carbocycles. The molecular formula is C22H28N4O3. The van der Waals surface area contributed by atoms with E-state index in [1.807, 2.05) is 49.1 Å². The van der Waals surface area contributed by atoms with Crippen LogP contribution in [0.2, 0.25) is 0 Å². The zero-order chi connectivity index (χ0) is 20.8. The predicted molar refractivity (Wildman–Crippen MR) is 110 cm³/mol. The number of carbonyl (C=O) groups excluding carboxylic acids is 2. The van der Waals surface area contributed by atoms with E-state index in [0.717, 1.165) is 42.2 Å². The molecule has 29 heavy (non-hydrogen) atoms. The molecule has 0 bridgehead atoms. The molecule has 0 spiro atoms. The first-order valence-corrected chi connectivity index (χ1v) is 9.98. The van der Waals surface area contributed by atoms with Crippen LogP contribution < -0.4 is 10.1 Å². The van der Waals surface area contributed by atoms with E-state index in [-0.39, 0.29) is 30.8 Å². The smallest absolute Gasteiger partial charge is 0.260 e. The fourth-order valence-corrected chi connectivity index (χ4v) is 3.62. The summed E-state index contributed by atoms with van der Waals surface area (Å²) in [5.41, 5.74) is 2.52. The fraction of sp³-hybridized carbons (Fsp3) is 0.455. The van der Waals surface area contributed by atoms with E-state index >= 15 is 0 Å². The van der Waals surface area contributed by atoms with Crippen molar-refractivity contribution in [2.24, 2.45) is 0 Å². The lowest BCUT2D eigenvalue weighted by atomic mass is 9.96. The van der Waals surface area contributed by atoms with Crippen molar-refractivity contribution in [3.8, 4) is 5.75 Å². The number of benzene rings is 1. The maximum Gasteiger partial charge on any atom is 0.260 e. The second-order valence-corrected chi connectivity index (χ2v) is 7.36. The van der Waals surface area contributed by atoms with Crippen molar-refractivity contribution in [2.45, 2.75) is 39.0 Å². The topological polar surface area (TPSA) is 84.4 Å². The predicted octanol–water partition coefficient (Wildman–Crippen LogP) is 2.17. The van der Waals surface area contributed by atoms with Crippen LogP contribution in [-0.2, 0) is 16.0 Å². The molecule has 2 aromatic rings. The van der Waals surface area contributed by atoms with Gasteiger partial charge in [0.1, 0.15) is 11.6 Å². The summed E-state index contributed by atoms with van der Waals surface area (Å²) in [4.78, 5) is 35.5. The summed E-state index contributed by atoms with van der Waals surface area (Å²) in [5, 5.41) is 2.64. The van der Waals surface area contributed by atoms with Gasteiger partial charge in [-0.25, -0.2) is 9.97 Å². The van der Waals surface area contributed by atoms with Crippen molar-refractivity contribution in [3.05, 3.63) is 53.1 Å². The molecule has 7 nitrogen and oxygen atoms in total. The number of para-hydroxylation sites is 1. The number of hydrogen-bond donors (Lipinski definition) is 1. The minimum atomic E-state index is -0.0552. The van der Waals surface area contributed by atoms with Crippen LogP contribution in [0.25, 0.3) is 0 Å². The number of ether oxygens (including phenoxy) is 1. The first-order valence-electron chi connectivity index (χ1n) is 9.98. The van der Waals surface area contributed by atoms with Gasteiger partial charge in [0.25, 0.3) is 5.91 Å². The molecule has 1 fully saturated rings. The van der Waals surface area contributed by atoms with E-state index in [9.17, 15) is 9.59 Å². The largest absolute Gasteiger partial charge is 0.484 e. The van der Waals surface area contributed by atoms with Gasteiger partial charge in [0.05, 0.1) is 6.42 Å². The SMILES string of the molecule is CNC(=O)Cc1c(C)nc([C@@H]2CCCN(C(=O)COc3ccccc3)C2)nc1C. The average molecular weight is 396 g/mol. The van der Waals surface area contributed by atoms with Gasteiger partial charge in [-0.1, -0.05) is 18.2 Å². The highest BCUT2D eigenvalue weighted by Crippen LogP contribution is 2.26. The molecule has 2 heterocycles. The third-order valence-electron chi connectivity index (χ3n) is 5.30. The van der Waals surface area contributed by atoms with Crippen molar-refractivity contribution >= 4 is 11.8 Å². The van der Waals surface area contributed by atoms with Crippen LogP contribution in [0.5, 0.6) is 5.75 Å². The standard InChI is InChI=1S/C22H28N4O3/c1-15-19(12-20(27)23-3)16(2)25-22(24-15)17-8-7-11-26(13-17)21(28)14-29-18-9-5-4-6-10-18/h4-6,9-10,17H,7-8,11-14H2,1-3H3,(H,23,27)/t17-/m1/s1. The summed E-state index contributed by atoms with van der Waals surface area (Å²) in [6, 6.07) is 9.35. The highest BCUT2D eigenvalue weighted by molar-refractivity contribution is 5.79. The van der Waals surface area contributed by atoms with Crippen molar-refractivity contribution in [1.29, 1.82) is 0 Å². The van der Waals surface area contributed by atoms with E-state index in [4.69, 9.17) is 4.74 Å². The summed E-state index contributed by atoms with van der Waals surface area (Å²) < 4.78 is 5.60. The molecule has 154 valence electrons. The lowest BCUT2D eigenvalue weighted by molar-refractivity contribution is -0.134. The molecule has 1 aromatic heterocycles. The first-order chi connectivity index (χ1) is 14.0. The number of likely N-dealkylation sites (tertiary alicyclic amines) is 1. The zero-order valence-corrected chi connectivity index (χ0v) is 17.3. The Morgan fingerprint density at radius 2 is 1.86 bits per heavy atom. The van der Waals surface area contributed by atoms with Gasteiger partial charge in [0.15, 0.2) is 6.61 Å². The van der Waals surface area contributed by atoms with Gasteiger partial charge in [-0.05, 0) is 38.8 Å². The Bertz CT molecular complexity index is 847. The second kappa shape index (κ2) is 9.49. The second-order valence-electron chi connectivity index (χ2n) is 7.36. The van der Waals surface area contributed by atoms with Crippen LogP contribution in [0.15, 0.2) is 30.3 Å². The molecule has 1 N–H and O–H groups in total. The van der Waals surface area contributed by atoms with Crippen molar-refractivity contribution in [3.63, 3.8) is 0 Å². The minimum Gasteiger partial charge on any atom is -0.484 e. The maximum absolute atomic E-state index is 12.6. The third kappa shape index (κ3) is 5.31. The van der Waals surface area contributed by atoms with Crippen LogP contribution in [-0.4, -0.2) is 53.4 Å². The van der Waals surface area contributed by atoms with Gasteiger partial charge in [-0.3, -0.25) is 9.59 Å². The fourth-order valence-electron chi connectivity index (χ4n) is 3.62. The normalized spacial score (nSPS) is 16.4. The third-order valence-corrected chi connectivity index (χ3v) is 5.30. The molecule has 0 saturated carbocycles. The molecule has 0 unspecified atom stereocenters. The van der Waals surface area contributed by atoms with Crippen LogP contribution >= 0.6 is 0 Å². The molecule has 0 radical (unpaired) electrons. The monoisotopic (exact) mass is 396 g/mol. The number of piperidine rings is 1. The average Bonchev–Trinajstić information content (AvgIpc) is 2.75. The van der Waals surface area contributed by atoms with Gasteiger partial charge < -0.3 is 15.0 Å². The lowest BCUT2D eigenvalue weighted by Gasteiger charge is -2.32. The van der Waals surface area contributed by atoms with Gasteiger partial charge in [0.2, 0.25) is 5.91 Å². The number of rotatable bonds is 6. The molecule has 7 heteroatoms. The van der Waals surface area contributed by atoms with Gasteiger partial charge in [-0.2, -0.15) is 0 Å². The maximum atomic E-state index is 12.6. The summed E-state index contributed by atoms with van der Waals surface area (Å²) >= 11 is 0. The Labute approximate surface area is 171 Å². The van der Waals surface area contributed by atoms with Crippen molar-refractivity contribution < 1.29 is 14.3 Å². The van der Waals surface area contributed by atoms with Gasteiger partial charge >= 0.3 is 0 Å². The number of nitrogens with zero attached hydrogens (tertiary/aromatic N) is 3. The van der Waals surface area contributed by atoms with Crippen LogP contribution in [0.4, 0.5) is 0 Å². The van der Waals surface area contributed by atoms with Gasteiger partial charge in [0, 0.05) is 43.0 Å². The molecule has 3 rings (SSSR count). The highest BCUT2D eigenvalue weighted by Gasteiger charge is 2.27. The number of nitrogens with one attached hydrogen (secondary N) is 1. The molecule has 1 atom stereocenters. The van der Waals surface area contributed by atoms with Crippen LogP contribution in [0.1, 0.15) is 41.5 Å². The number of aryl methyl sites for hydroxylation is 2. The zero-order valence-electron chi connectivity index (χ0n) is 17.3. The quantitative estimate of drug-likeness (QED) is 0.809. The number of hydrogen-bond acceptors (Lipinski definition) is 5. The Morgan fingerprint density at radius 1 is 1.17 bits per heavy atom. The number of carbonyl (C=O) groups is 2. The van der Waals surface area contributed by atoms with E-state index in [1.54, 1.807) is 7.05 Å². The Morgan fingerprint density at radius 3 is 2.52 bits per heavy atom. The molecular weight excluding hydrogens is 368 g/mol.